The number of hydrogen-bond donors (Lipinski definition) is 2. The van der Waals surface area contributed by atoms with Gasteiger partial charge in [-0.1, -0.05) is 35.8 Å². The minimum absolute atomic E-state index is 0.0730. The first kappa shape index (κ1) is 30.4. The number of hydrogen-bond acceptors (Lipinski definition) is 14. The van der Waals surface area contributed by atoms with Gasteiger partial charge in [0.15, 0.2) is 33.8 Å². The molecule has 0 bridgehead atoms. The number of nitrogens with zero attached hydrogens (tertiary/aromatic N) is 11. The molecule has 1 aliphatic rings. The maximum Gasteiger partial charge on any atom is 0.272 e. The molecule has 1 fully saturated rings. The van der Waals surface area contributed by atoms with E-state index < -0.39 is 4.92 Å². The second-order valence-corrected chi connectivity index (χ2v) is 11.6. The zero-order valence-electron chi connectivity index (χ0n) is 25.9. The summed E-state index contributed by atoms with van der Waals surface area (Å²) in [6.45, 7) is 2.87. The molecule has 7 aromatic rings. The highest BCUT2D eigenvalue weighted by Gasteiger charge is 2.21. The molecule has 0 unspecified atom stereocenters. The van der Waals surface area contributed by atoms with Crippen LogP contribution < -0.4 is 11.5 Å². The lowest BCUT2D eigenvalue weighted by molar-refractivity contribution is -0.385. The number of nitro groups is 1. The van der Waals surface area contributed by atoms with Crippen molar-refractivity contribution >= 4 is 39.9 Å². The van der Waals surface area contributed by atoms with Crippen LogP contribution in [0.3, 0.4) is 0 Å². The Hall–Kier alpha value is -6.26. The van der Waals surface area contributed by atoms with Gasteiger partial charge in [0.2, 0.25) is 11.9 Å². The van der Waals surface area contributed by atoms with Crippen molar-refractivity contribution in [1.82, 2.24) is 49.9 Å². The Morgan fingerprint density at radius 1 is 0.833 bits per heavy atom. The topological polar surface area (TPSA) is 234 Å². The summed E-state index contributed by atoms with van der Waals surface area (Å²) >= 11 is 0. The average Bonchev–Trinajstić information content (AvgIpc) is 3.90. The number of aryl methyl sites for hydroxylation is 1. The van der Waals surface area contributed by atoms with Crippen LogP contribution in [0.1, 0.15) is 43.2 Å². The first-order valence-electron chi connectivity index (χ1n) is 15.4. The number of fused-ring (bicyclic) bond motifs is 2. The van der Waals surface area contributed by atoms with E-state index in [-0.39, 0.29) is 17.6 Å². The maximum absolute atomic E-state index is 11.0. The van der Waals surface area contributed by atoms with Gasteiger partial charge in [-0.25, -0.2) is 19.3 Å². The van der Waals surface area contributed by atoms with Gasteiger partial charge in [-0.05, 0) is 61.6 Å². The standard InChI is InChI=1S/C16H13N7O3.C15H18N6O/c1-9-7-10(4-5-11(9)23(24)25)8-22-15-14(20-21-22)13(18-16(17)19-15)12-3-2-6-26-12;16-15-17-12(11-7-4-8-22-11)13-14(18-15)21(20-19-13)9-10-5-2-1-3-6-10/h2-7H,8H2,1H3,(H2,17,18,19);4,7-8,10H,1-3,5-6,9H2,(H2,16,17,18). The summed E-state index contributed by atoms with van der Waals surface area (Å²) in [6, 6.07) is 12.0. The molecule has 6 heterocycles. The van der Waals surface area contributed by atoms with Crippen molar-refractivity contribution in [2.45, 2.75) is 52.1 Å². The maximum atomic E-state index is 11.0. The number of nitrogens with two attached hydrogens (primary N) is 2. The number of benzene rings is 1. The molecule has 244 valence electrons. The summed E-state index contributed by atoms with van der Waals surface area (Å²) in [5, 5.41) is 27.7. The largest absolute Gasteiger partial charge is 0.463 e. The molecule has 0 aliphatic heterocycles. The van der Waals surface area contributed by atoms with Crippen molar-refractivity contribution in [3.63, 3.8) is 0 Å². The molecule has 0 radical (unpaired) electrons. The molecule has 0 amide bonds. The quantitative estimate of drug-likeness (QED) is 0.171. The van der Waals surface area contributed by atoms with Crippen LogP contribution in [0.4, 0.5) is 17.6 Å². The van der Waals surface area contributed by atoms with E-state index in [4.69, 9.17) is 20.3 Å². The van der Waals surface area contributed by atoms with Gasteiger partial charge in [0.1, 0.15) is 11.4 Å². The monoisotopic (exact) mass is 649 g/mol. The van der Waals surface area contributed by atoms with Crippen LogP contribution in [0.2, 0.25) is 0 Å². The number of furan rings is 2. The molecular formula is C31H31N13O4. The number of nitro benzene ring substituents is 1. The molecule has 0 atom stereocenters. The van der Waals surface area contributed by atoms with Gasteiger partial charge in [-0.15, -0.1) is 10.2 Å². The van der Waals surface area contributed by atoms with E-state index >= 15 is 0 Å². The molecule has 0 saturated heterocycles. The second-order valence-electron chi connectivity index (χ2n) is 11.6. The van der Waals surface area contributed by atoms with Crippen LogP contribution in [0.15, 0.2) is 63.8 Å². The Kier molecular flexibility index (Phi) is 8.14. The van der Waals surface area contributed by atoms with E-state index in [9.17, 15) is 10.1 Å². The summed E-state index contributed by atoms with van der Waals surface area (Å²) < 4.78 is 14.2. The molecule has 17 nitrogen and oxygen atoms in total. The van der Waals surface area contributed by atoms with E-state index in [2.05, 4.69) is 40.6 Å². The van der Waals surface area contributed by atoms with Gasteiger partial charge in [0.05, 0.1) is 24.0 Å². The molecule has 1 saturated carbocycles. The zero-order chi connectivity index (χ0) is 33.2. The number of rotatable bonds is 7. The van der Waals surface area contributed by atoms with Crippen LogP contribution in [0.25, 0.3) is 45.2 Å². The summed E-state index contributed by atoms with van der Waals surface area (Å²) in [5.41, 5.74) is 16.5. The second kappa shape index (κ2) is 12.9. The van der Waals surface area contributed by atoms with Crippen LogP contribution in [0, 0.1) is 23.0 Å². The summed E-state index contributed by atoms with van der Waals surface area (Å²) in [6.07, 6.45) is 9.56. The summed E-state index contributed by atoms with van der Waals surface area (Å²) in [4.78, 5) is 27.6. The summed E-state index contributed by atoms with van der Waals surface area (Å²) in [7, 11) is 0. The molecule has 8 rings (SSSR count). The Morgan fingerprint density at radius 3 is 1.96 bits per heavy atom. The Labute approximate surface area is 272 Å². The van der Waals surface area contributed by atoms with Crippen molar-refractivity contribution in [2.24, 2.45) is 5.92 Å². The Bertz CT molecular complexity index is 2200. The fourth-order valence-corrected chi connectivity index (χ4v) is 5.95. The molecule has 1 aromatic carbocycles. The number of anilines is 2. The van der Waals surface area contributed by atoms with Crippen molar-refractivity contribution in [1.29, 1.82) is 0 Å². The Morgan fingerprint density at radius 2 is 1.42 bits per heavy atom. The van der Waals surface area contributed by atoms with Gasteiger partial charge in [-0.2, -0.15) is 9.97 Å². The lowest BCUT2D eigenvalue weighted by Crippen LogP contribution is -2.15. The van der Waals surface area contributed by atoms with Crippen molar-refractivity contribution < 1.29 is 13.8 Å². The van der Waals surface area contributed by atoms with Crippen molar-refractivity contribution in [3.8, 4) is 22.9 Å². The molecular weight excluding hydrogens is 618 g/mol. The summed E-state index contributed by atoms with van der Waals surface area (Å²) in [5.74, 6) is 2.08. The minimum Gasteiger partial charge on any atom is -0.463 e. The highest BCUT2D eigenvalue weighted by molar-refractivity contribution is 5.86. The van der Waals surface area contributed by atoms with Gasteiger partial charge in [0, 0.05) is 18.2 Å². The first-order chi connectivity index (χ1) is 23.3. The van der Waals surface area contributed by atoms with E-state index in [1.807, 2.05) is 16.8 Å². The molecule has 1 aliphatic carbocycles. The van der Waals surface area contributed by atoms with Gasteiger partial charge in [-0.3, -0.25) is 10.1 Å². The normalized spacial score (nSPS) is 13.5. The molecule has 6 aromatic heterocycles. The average molecular weight is 650 g/mol. The van der Waals surface area contributed by atoms with Gasteiger partial charge in [0.25, 0.3) is 5.69 Å². The van der Waals surface area contributed by atoms with E-state index in [0.717, 1.165) is 12.1 Å². The van der Waals surface area contributed by atoms with Crippen molar-refractivity contribution in [2.75, 3.05) is 11.5 Å². The van der Waals surface area contributed by atoms with E-state index in [1.165, 1.54) is 44.4 Å². The third kappa shape index (κ3) is 6.12. The van der Waals surface area contributed by atoms with Gasteiger partial charge < -0.3 is 20.3 Å². The molecule has 17 heteroatoms. The predicted molar refractivity (Wildman–Crippen MR) is 174 cm³/mol. The fourth-order valence-electron chi connectivity index (χ4n) is 5.95. The fraction of sp³-hybridized carbons (Fsp3) is 0.290. The zero-order valence-corrected chi connectivity index (χ0v) is 25.9. The Balaban J connectivity index is 0.000000154. The minimum atomic E-state index is -0.409. The lowest BCUT2D eigenvalue weighted by Gasteiger charge is -2.21. The third-order valence-electron chi connectivity index (χ3n) is 8.22. The van der Waals surface area contributed by atoms with Crippen molar-refractivity contribution in [3.05, 3.63) is 76.2 Å². The van der Waals surface area contributed by atoms with Crippen LogP contribution in [0.5, 0.6) is 0 Å². The van der Waals surface area contributed by atoms with E-state index in [1.54, 1.807) is 42.1 Å². The first-order valence-corrected chi connectivity index (χ1v) is 15.4. The van der Waals surface area contributed by atoms with Gasteiger partial charge >= 0.3 is 0 Å². The SMILES string of the molecule is Cc1cc(Cn2nnc3c(-c4ccco4)nc(N)nc32)ccc1[N+](=O)[O-].Nc1nc(-c2ccco2)c2nnn(CC3CCCCC3)c2n1. The van der Waals surface area contributed by atoms with E-state index in [0.29, 0.717) is 63.3 Å². The molecule has 48 heavy (non-hydrogen) atoms. The van der Waals surface area contributed by atoms with Crippen LogP contribution in [-0.4, -0.2) is 54.8 Å². The highest BCUT2D eigenvalue weighted by atomic mass is 16.6. The molecule has 0 spiro atoms. The number of nitrogen functional groups attached to an aromatic ring is 2. The molecule has 4 N–H and O–H groups in total. The smallest absolute Gasteiger partial charge is 0.272 e. The predicted octanol–water partition coefficient (Wildman–Crippen LogP) is 4.97. The third-order valence-corrected chi connectivity index (χ3v) is 8.22. The van der Waals surface area contributed by atoms with Crippen LogP contribution in [-0.2, 0) is 13.1 Å². The highest BCUT2D eigenvalue weighted by Crippen LogP contribution is 2.29. The number of aromatic nitrogens is 10. The lowest BCUT2D eigenvalue weighted by atomic mass is 9.89. The van der Waals surface area contributed by atoms with Crippen LogP contribution >= 0.6 is 0 Å².